The molecule has 0 saturated heterocycles. The number of aromatic amines is 1. The van der Waals surface area contributed by atoms with Gasteiger partial charge in [-0.25, -0.2) is 9.48 Å². The number of nitrogens with zero attached hydrogens (tertiary/aromatic N) is 2. The maximum atomic E-state index is 12.7. The van der Waals surface area contributed by atoms with E-state index in [4.69, 9.17) is 16.3 Å². The zero-order valence-corrected chi connectivity index (χ0v) is 15.9. The number of hydrogen-bond acceptors (Lipinski definition) is 4. The number of amides is 1. The Morgan fingerprint density at radius 2 is 1.93 bits per heavy atom. The third-order valence-corrected chi connectivity index (χ3v) is 4.51. The number of carbonyl (C=O) groups is 2. The fourth-order valence-electron chi connectivity index (χ4n) is 2.89. The summed E-state index contributed by atoms with van der Waals surface area (Å²) in [5.74, 6) is -0.294. The number of aromatic nitrogens is 3. The van der Waals surface area contributed by atoms with Crippen LogP contribution in [0.25, 0.3) is 0 Å². The fourth-order valence-corrected chi connectivity index (χ4v) is 3.02. The molecular weight excluding hydrogens is 368 g/mol. The number of H-pyrrole nitrogens is 1. The van der Waals surface area contributed by atoms with Crippen molar-refractivity contribution in [2.45, 2.75) is 20.4 Å². The van der Waals surface area contributed by atoms with Crippen LogP contribution >= 0.6 is 11.6 Å². The van der Waals surface area contributed by atoms with Gasteiger partial charge in [0.15, 0.2) is 0 Å². The summed E-state index contributed by atoms with van der Waals surface area (Å²) in [5, 5.41) is 7.74. The van der Waals surface area contributed by atoms with Crippen LogP contribution in [0.1, 0.15) is 37.7 Å². The molecule has 2 heterocycles. The summed E-state index contributed by atoms with van der Waals surface area (Å²) in [5.41, 5.74) is 2.81. The number of ether oxygens (including phenoxy) is 1. The normalized spacial score (nSPS) is 10.7. The third kappa shape index (κ3) is 3.88. The number of halogens is 1. The average molecular weight is 387 g/mol. The second-order valence-corrected chi connectivity index (χ2v) is 6.51. The number of aryl methyl sites for hydroxylation is 1. The predicted molar refractivity (Wildman–Crippen MR) is 102 cm³/mol. The average Bonchev–Trinajstić information content (AvgIpc) is 3.20. The van der Waals surface area contributed by atoms with Gasteiger partial charge >= 0.3 is 5.97 Å². The fraction of sp³-hybridized carbons (Fsp3) is 0.211. The molecule has 0 aliphatic rings. The van der Waals surface area contributed by atoms with Gasteiger partial charge in [-0.2, -0.15) is 5.10 Å². The van der Waals surface area contributed by atoms with Gasteiger partial charge in [-0.05, 0) is 37.1 Å². The molecule has 0 bridgehead atoms. The van der Waals surface area contributed by atoms with E-state index in [0.717, 1.165) is 5.56 Å². The first-order valence-electron chi connectivity index (χ1n) is 8.25. The molecule has 140 valence electrons. The van der Waals surface area contributed by atoms with Crippen molar-refractivity contribution in [1.29, 1.82) is 0 Å². The Labute approximate surface area is 161 Å². The summed E-state index contributed by atoms with van der Waals surface area (Å²) in [4.78, 5) is 27.6. The van der Waals surface area contributed by atoms with E-state index in [2.05, 4.69) is 15.4 Å². The molecule has 8 heteroatoms. The summed E-state index contributed by atoms with van der Waals surface area (Å²) < 4.78 is 6.45. The van der Waals surface area contributed by atoms with Crippen LogP contribution in [0.15, 0.2) is 36.5 Å². The number of hydrogen-bond donors (Lipinski definition) is 2. The van der Waals surface area contributed by atoms with E-state index < -0.39 is 5.97 Å². The van der Waals surface area contributed by atoms with Gasteiger partial charge < -0.3 is 15.0 Å². The Kier molecular flexibility index (Phi) is 5.32. The minimum Gasteiger partial charge on any atom is -0.465 e. The van der Waals surface area contributed by atoms with Crippen molar-refractivity contribution in [2.75, 3.05) is 12.4 Å². The summed E-state index contributed by atoms with van der Waals surface area (Å²) in [6, 6.07) is 9.11. The number of carbonyl (C=O) groups excluding carboxylic acids is 2. The van der Waals surface area contributed by atoms with E-state index in [0.29, 0.717) is 39.9 Å². The van der Waals surface area contributed by atoms with E-state index in [-0.39, 0.29) is 5.91 Å². The minimum absolute atomic E-state index is 0.312. The summed E-state index contributed by atoms with van der Waals surface area (Å²) >= 11 is 5.91. The Morgan fingerprint density at radius 1 is 1.22 bits per heavy atom. The first kappa shape index (κ1) is 18.7. The van der Waals surface area contributed by atoms with Crippen molar-refractivity contribution in [3.63, 3.8) is 0 Å². The number of methoxy groups -OCH3 is 1. The van der Waals surface area contributed by atoms with Crippen molar-refractivity contribution in [2.24, 2.45) is 0 Å². The van der Waals surface area contributed by atoms with Gasteiger partial charge in [0.05, 0.1) is 25.4 Å². The van der Waals surface area contributed by atoms with E-state index >= 15 is 0 Å². The summed E-state index contributed by atoms with van der Waals surface area (Å²) in [6.45, 7) is 3.91. The van der Waals surface area contributed by atoms with Gasteiger partial charge in [0.25, 0.3) is 5.91 Å². The number of benzene rings is 1. The highest BCUT2D eigenvalue weighted by Gasteiger charge is 2.23. The Balaban J connectivity index is 1.81. The monoisotopic (exact) mass is 386 g/mol. The zero-order chi connectivity index (χ0) is 19.6. The third-order valence-electron chi connectivity index (χ3n) is 4.26. The van der Waals surface area contributed by atoms with E-state index in [1.807, 2.05) is 12.1 Å². The molecule has 0 aliphatic heterocycles. The van der Waals surface area contributed by atoms with Gasteiger partial charge in [-0.15, -0.1) is 0 Å². The molecule has 0 aliphatic carbocycles. The second kappa shape index (κ2) is 7.67. The van der Waals surface area contributed by atoms with Gasteiger partial charge in [0, 0.05) is 16.8 Å². The smallest absolute Gasteiger partial charge is 0.339 e. The van der Waals surface area contributed by atoms with Crippen LogP contribution in [0, 0.1) is 13.8 Å². The molecule has 0 radical (unpaired) electrons. The second-order valence-electron chi connectivity index (χ2n) is 6.07. The lowest BCUT2D eigenvalue weighted by Crippen LogP contribution is -2.17. The molecule has 1 amide bonds. The van der Waals surface area contributed by atoms with Crippen molar-refractivity contribution in [3.8, 4) is 0 Å². The predicted octanol–water partition coefficient (Wildman–Crippen LogP) is 3.57. The van der Waals surface area contributed by atoms with Crippen LogP contribution in [-0.4, -0.2) is 33.8 Å². The lowest BCUT2D eigenvalue weighted by molar-refractivity contribution is 0.0599. The Morgan fingerprint density at radius 3 is 2.59 bits per heavy atom. The van der Waals surface area contributed by atoms with Crippen LogP contribution in [-0.2, 0) is 11.3 Å². The summed E-state index contributed by atoms with van der Waals surface area (Å²) in [6.07, 6.45) is 1.61. The van der Waals surface area contributed by atoms with Crippen molar-refractivity contribution in [3.05, 3.63) is 69.6 Å². The van der Waals surface area contributed by atoms with E-state index in [1.54, 1.807) is 42.9 Å². The maximum absolute atomic E-state index is 12.7. The highest BCUT2D eigenvalue weighted by molar-refractivity contribution is 6.30. The molecule has 7 nitrogen and oxygen atoms in total. The van der Waals surface area contributed by atoms with Crippen LogP contribution in [0.2, 0.25) is 5.02 Å². The topological polar surface area (TPSA) is 89.0 Å². The minimum atomic E-state index is -0.479. The molecule has 0 saturated carbocycles. The first-order chi connectivity index (χ1) is 12.9. The largest absolute Gasteiger partial charge is 0.465 e. The zero-order valence-electron chi connectivity index (χ0n) is 15.2. The number of anilines is 1. The lowest BCUT2D eigenvalue weighted by atomic mass is 10.1. The molecule has 2 N–H and O–H groups in total. The van der Waals surface area contributed by atoms with Crippen molar-refractivity contribution >= 4 is 29.3 Å². The molecule has 0 atom stereocenters. The van der Waals surface area contributed by atoms with E-state index in [9.17, 15) is 9.59 Å². The molecule has 0 unspecified atom stereocenters. The SMILES string of the molecule is COC(=O)c1c(C)[nH]c(C(=O)Nc2ccnn2Cc2ccc(Cl)cc2)c1C. The first-order valence-corrected chi connectivity index (χ1v) is 8.63. The van der Waals surface area contributed by atoms with Crippen LogP contribution in [0.3, 0.4) is 0 Å². The van der Waals surface area contributed by atoms with Crippen molar-refractivity contribution in [1.82, 2.24) is 14.8 Å². The van der Waals surface area contributed by atoms with Crippen LogP contribution in [0.5, 0.6) is 0 Å². The Bertz CT molecular complexity index is 989. The number of rotatable bonds is 5. The number of nitrogens with one attached hydrogen (secondary N) is 2. The highest BCUT2D eigenvalue weighted by Crippen LogP contribution is 2.20. The van der Waals surface area contributed by atoms with Gasteiger partial charge in [0.2, 0.25) is 0 Å². The molecule has 3 aromatic rings. The molecule has 0 fully saturated rings. The van der Waals surface area contributed by atoms with Crippen molar-refractivity contribution < 1.29 is 14.3 Å². The highest BCUT2D eigenvalue weighted by atomic mass is 35.5. The van der Waals surface area contributed by atoms with E-state index in [1.165, 1.54) is 7.11 Å². The van der Waals surface area contributed by atoms with Crippen LogP contribution in [0.4, 0.5) is 5.82 Å². The molecule has 2 aromatic heterocycles. The molecular formula is C19H19ClN4O3. The Hall–Kier alpha value is -3.06. The molecule has 1 aromatic carbocycles. The summed E-state index contributed by atoms with van der Waals surface area (Å²) in [7, 11) is 1.31. The standard InChI is InChI=1S/C19H19ClN4O3/c1-11-16(19(26)27-3)12(2)22-17(11)18(25)23-15-8-9-21-24(15)10-13-4-6-14(20)7-5-13/h4-9,22H,10H2,1-3H3,(H,23,25). The van der Waals surface area contributed by atoms with Gasteiger partial charge in [0.1, 0.15) is 11.5 Å². The maximum Gasteiger partial charge on any atom is 0.339 e. The molecule has 27 heavy (non-hydrogen) atoms. The number of esters is 1. The lowest BCUT2D eigenvalue weighted by Gasteiger charge is -2.09. The molecule has 0 spiro atoms. The van der Waals surface area contributed by atoms with Gasteiger partial charge in [-0.3, -0.25) is 4.79 Å². The van der Waals surface area contributed by atoms with Gasteiger partial charge in [-0.1, -0.05) is 23.7 Å². The van der Waals surface area contributed by atoms with Crippen LogP contribution < -0.4 is 5.32 Å². The quantitative estimate of drug-likeness (QED) is 0.656. The molecule has 3 rings (SSSR count).